The molecule has 2 aromatic rings. The van der Waals surface area contributed by atoms with Crippen molar-refractivity contribution >= 4 is 22.6 Å². The lowest BCUT2D eigenvalue weighted by atomic mass is 9.91. The number of carbonyl (C=O) groups is 1. The van der Waals surface area contributed by atoms with Crippen molar-refractivity contribution in [2.75, 3.05) is 12.4 Å². The molecule has 1 atom stereocenters. The summed E-state index contributed by atoms with van der Waals surface area (Å²) in [6, 6.07) is 18.6. The normalized spacial score (nSPS) is 17.4. The van der Waals surface area contributed by atoms with Crippen molar-refractivity contribution in [3.63, 3.8) is 0 Å². The molecule has 3 rings (SSSR count). The topological polar surface area (TPSA) is 26.3 Å². The van der Waals surface area contributed by atoms with Crippen molar-refractivity contribution in [2.24, 2.45) is 0 Å². The fourth-order valence-corrected chi connectivity index (χ4v) is 4.20. The molecule has 0 aromatic heterocycles. The molecule has 118 valence electrons. The third-order valence-corrected chi connectivity index (χ3v) is 5.24. The number of hydrogen-bond donors (Lipinski definition) is 0. The van der Waals surface area contributed by atoms with Gasteiger partial charge in [-0.2, -0.15) is 0 Å². The van der Waals surface area contributed by atoms with Crippen molar-refractivity contribution in [1.29, 1.82) is 0 Å². The molecular weight excluding hydrogens is 304 g/mol. The predicted molar refractivity (Wildman–Crippen MR) is 96.4 cm³/mol. The summed E-state index contributed by atoms with van der Waals surface area (Å²) in [7, 11) is 0. The molecule has 1 unspecified atom stereocenters. The lowest BCUT2D eigenvalue weighted by molar-refractivity contribution is -0.138. The van der Waals surface area contributed by atoms with Crippen LogP contribution in [0.1, 0.15) is 29.5 Å². The van der Waals surface area contributed by atoms with E-state index in [1.54, 1.807) is 11.8 Å². The SMILES string of the molecule is CCOC(=O)C1=C(c2ccc(C)cc2)SCC1c1ccccc1. The Morgan fingerprint density at radius 2 is 1.83 bits per heavy atom. The third kappa shape index (κ3) is 3.35. The molecule has 0 spiro atoms. The maximum Gasteiger partial charge on any atom is 0.335 e. The Morgan fingerprint density at radius 3 is 2.48 bits per heavy atom. The molecule has 0 saturated carbocycles. The maximum absolute atomic E-state index is 12.6. The van der Waals surface area contributed by atoms with Gasteiger partial charge in [0.25, 0.3) is 0 Å². The van der Waals surface area contributed by atoms with E-state index in [-0.39, 0.29) is 11.9 Å². The van der Waals surface area contributed by atoms with Crippen molar-refractivity contribution in [1.82, 2.24) is 0 Å². The Morgan fingerprint density at radius 1 is 1.13 bits per heavy atom. The summed E-state index contributed by atoms with van der Waals surface area (Å²) < 4.78 is 5.34. The number of aryl methyl sites for hydroxylation is 1. The van der Waals surface area contributed by atoms with Gasteiger partial charge in [-0.05, 0) is 25.0 Å². The third-order valence-electron chi connectivity index (χ3n) is 4.00. The second-order valence-electron chi connectivity index (χ2n) is 5.60. The van der Waals surface area contributed by atoms with E-state index in [2.05, 4.69) is 43.3 Å². The summed E-state index contributed by atoms with van der Waals surface area (Å²) in [5.41, 5.74) is 4.29. The molecule has 23 heavy (non-hydrogen) atoms. The smallest absolute Gasteiger partial charge is 0.335 e. The van der Waals surface area contributed by atoms with E-state index in [1.165, 1.54) is 11.1 Å². The summed E-state index contributed by atoms with van der Waals surface area (Å²) in [6.45, 7) is 4.32. The van der Waals surface area contributed by atoms with Gasteiger partial charge in [0, 0.05) is 16.6 Å². The molecule has 0 fully saturated rings. The highest BCUT2D eigenvalue weighted by Crippen LogP contribution is 2.47. The quantitative estimate of drug-likeness (QED) is 0.756. The molecule has 0 bridgehead atoms. The number of carbonyl (C=O) groups excluding carboxylic acids is 1. The van der Waals surface area contributed by atoms with E-state index in [0.717, 1.165) is 21.8 Å². The fraction of sp³-hybridized carbons (Fsp3) is 0.250. The van der Waals surface area contributed by atoms with E-state index < -0.39 is 0 Å². The van der Waals surface area contributed by atoms with Crippen LogP contribution in [0.2, 0.25) is 0 Å². The van der Waals surface area contributed by atoms with Gasteiger partial charge >= 0.3 is 5.97 Å². The van der Waals surface area contributed by atoms with Crippen LogP contribution in [0.4, 0.5) is 0 Å². The first-order chi connectivity index (χ1) is 11.2. The first-order valence-electron chi connectivity index (χ1n) is 7.86. The standard InChI is InChI=1S/C20H20O2S/c1-3-22-20(21)18-17(15-7-5-4-6-8-15)13-23-19(18)16-11-9-14(2)10-12-16/h4-12,17H,3,13H2,1-2H3. The van der Waals surface area contributed by atoms with E-state index >= 15 is 0 Å². The fourth-order valence-electron chi connectivity index (χ4n) is 2.82. The lowest BCUT2D eigenvalue weighted by Crippen LogP contribution is -2.14. The van der Waals surface area contributed by atoms with Gasteiger partial charge in [0.2, 0.25) is 0 Å². The summed E-state index contributed by atoms with van der Waals surface area (Å²) in [5.74, 6) is 0.778. The Kier molecular flexibility index (Phi) is 4.87. The van der Waals surface area contributed by atoms with Crippen LogP contribution in [-0.2, 0) is 9.53 Å². The van der Waals surface area contributed by atoms with E-state index in [0.29, 0.717) is 6.61 Å². The number of thioether (sulfide) groups is 1. The molecule has 3 heteroatoms. The van der Waals surface area contributed by atoms with Crippen molar-refractivity contribution in [3.05, 3.63) is 76.9 Å². The van der Waals surface area contributed by atoms with Gasteiger partial charge in [0.15, 0.2) is 0 Å². The van der Waals surface area contributed by atoms with Crippen LogP contribution in [0.25, 0.3) is 4.91 Å². The molecule has 0 aliphatic carbocycles. The van der Waals surface area contributed by atoms with Gasteiger partial charge in [-0.1, -0.05) is 60.2 Å². The van der Waals surface area contributed by atoms with Gasteiger partial charge in [-0.3, -0.25) is 0 Å². The molecule has 1 aliphatic heterocycles. The number of ether oxygens (including phenoxy) is 1. The summed E-state index contributed by atoms with van der Waals surface area (Å²) in [5, 5.41) is 0. The minimum Gasteiger partial charge on any atom is -0.463 e. The molecule has 0 N–H and O–H groups in total. The molecule has 2 nitrogen and oxygen atoms in total. The highest BCUT2D eigenvalue weighted by Gasteiger charge is 2.33. The largest absolute Gasteiger partial charge is 0.463 e. The maximum atomic E-state index is 12.6. The van der Waals surface area contributed by atoms with E-state index in [9.17, 15) is 4.79 Å². The Hall–Kier alpha value is -2.00. The van der Waals surface area contributed by atoms with Crippen LogP contribution >= 0.6 is 11.8 Å². The lowest BCUT2D eigenvalue weighted by Gasteiger charge is -2.14. The number of rotatable bonds is 4. The van der Waals surface area contributed by atoms with Crippen LogP contribution in [0.15, 0.2) is 60.2 Å². The highest BCUT2D eigenvalue weighted by atomic mass is 32.2. The summed E-state index contributed by atoms with van der Waals surface area (Å²) in [4.78, 5) is 13.6. The zero-order valence-corrected chi connectivity index (χ0v) is 14.2. The molecule has 0 radical (unpaired) electrons. The highest BCUT2D eigenvalue weighted by molar-refractivity contribution is 8.08. The first-order valence-corrected chi connectivity index (χ1v) is 8.85. The minimum absolute atomic E-state index is 0.0940. The number of hydrogen-bond acceptors (Lipinski definition) is 3. The first kappa shape index (κ1) is 15.9. The van der Waals surface area contributed by atoms with Crippen LogP contribution in [0, 0.1) is 6.92 Å². The van der Waals surface area contributed by atoms with Crippen LogP contribution < -0.4 is 0 Å². The summed E-state index contributed by atoms with van der Waals surface area (Å²) in [6.07, 6.45) is 0. The van der Waals surface area contributed by atoms with Crippen LogP contribution in [-0.4, -0.2) is 18.3 Å². The zero-order chi connectivity index (χ0) is 16.2. The second kappa shape index (κ2) is 7.05. The molecule has 0 amide bonds. The molecule has 1 heterocycles. The zero-order valence-electron chi connectivity index (χ0n) is 13.4. The molecule has 1 aliphatic rings. The van der Waals surface area contributed by atoms with Crippen molar-refractivity contribution in [2.45, 2.75) is 19.8 Å². The molecular formula is C20H20O2S. The number of esters is 1. The Labute approximate surface area is 141 Å². The Bertz CT molecular complexity index is 717. The molecule has 0 saturated heterocycles. The van der Waals surface area contributed by atoms with Crippen molar-refractivity contribution < 1.29 is 9.53 Å². The number of benzene rings is 2. The van der Waals surface area contributed by atoms with Gasteiger partial charge in [0.05, 0.1) is 12.2 Å². The predicted octanol–water partition coefficient (Wildman–Crippen LogP) is 4.80. The second-order valence-corrected chi connectivity index (χ2v) is 6.63. The average molecular weight is 324 g/mol. The average Bonchev–Trinajstić information content (AvgIpc) is 3.01. The summed E-state index contributed by atoms with van der Waals surface area (Å²) >= 11 is 1.75. The van der Waals surface area contributed by atoms with Crippen LogP contribution in [0.3, 0.4) is 0 Å². The van der Waals surface area contributed by atoms with Gasteiger partial charge in [0.1, 0.15) is 0 Å². The molecule has 2 aromatic carbocycles. The monoisotopic (exact) mass is 324 g/mol. The Balaban J connectivity index is 2.06. The van der Waals surface area contributed by atoms with Gasteiger partial charge < -0.3 is 4.74 Å². The van der Waals surface area contributed by atoms with Gasteiger partial charge in [-0.15, -0.1) is 11.8 Å². The van der Waals surface area contributed by atoms with Gasteiger partial charge in [-0.25, -0.2) is 4.79 Å². The van der Waals surface area contributed by atoms with E-state index in [1.807, 2.05) is 25.1 Å². The minimum atomic E-state index is -0.193. The van der Waals surface area contributed by atoms with Crippen molar-refractivity contribution in [3.8, 4) is 0 Å². The van der Waals surface area contributed by atoms with E-state index in [4.69, 9.17) is 4.74 Å². The van der Waals surface area contributed by atoms with Crippen LogP contribution in [0.5, 0.6) is 0 Å².